The van der Waals surface area contributed by atoms with Crippen molar-refractivity contribution < 1.29 is 19.8 Å². The van der Waals surface area contributed by atoms with Crippen molar-refractivity contribution in [3.63, 3.8) is 0 Å². The Morgan fingerprint density at radius 3 is 2.40 bits per heavy atom. The number of carboxylic acid groups (broad SMARTS) is 1. The fourth-order valence-electron chi connectivity index (χ4n) is 4.03. The van der Waals surface area contributed by atoms with Crippen molar-refractivity contribution in [1.29, 1.82) is 0 Å². The molecule has 1 amide bonds. The summed E-state index contributed by atoms with van der Waals surface area (Å²) >= 11 is 0. The van der Waals surface area contributed by atoms with Crippen LogP contribution in [0.5, 0.6) is 5.75 Å². The summed E-state index contributed by atoms with van der Waals surface area (Å²) in [6, 6.07) is 11.7. The van der Waals surface area contributed by atoms with Crippen LogP contribution in [0.1, 0.15) is 66.6 Å². The highest BCUT2D eigenvalue weighted by molar-refractivity contribution is 5.87. The summed E-state index contributed by atoms with van der Waals surface area (Å²) in [5.74, 6) is -0.847. The zero-order valence-electron chi connectivity index (χ0n) is 17.4. The monoisotopic (exact) mass is 410 g/mol. The van der Waals surface area contributed by atoms with Crippen molar-refractivity contribution in [2.75, 3.05) is 18.0 Å². The molecule has 3 rings (SSSR count). The Morgan fingerprint density at radius 1 is 1.07 bits per heavy atom. The van der Waals surface area contributed by atoms with E-state index in [9.17, 15) is 14.7 Å². The van der Waals surface area contributed by atoms with Gasteiger partial charge in [-0.1, -0.05) is 31.5 Å². The van der Waals surface area contributed by atoms with Gasteiger partial charge in [0, 0.05) is 24.8 Å². The molecule has 30 heavy (non-hydrogen) atoms. The van der Waals surface area contributed by atoms with E-state index in [2.05, 4.69) is 17.1 Å². The smallest absolute Gasteiger partial charge is 0.335 e. The molecule has 6 nitrogen and oxygen atoms in total. The summed E-state index contributed by atoms with van der Waals surface area (Å²) in [6.45, 7) is 4.00. The number of phenols is 1. The minimum atomic E-state index is -0.980. The Kier molecular flexibility index (Phi) is 7.33. The number of benzene rings is 2. The quantitative estimate of drug-likeness (QED) is 0.604. The van der Waals surface area contributed by atoms with Gasteiger partial charge in [-0.05, 0) is 55.0 Å². The molecule has 0 radical (unpaired) electrons. The Labute approximate surface area is 177 Å². The second kappa shape index (κ2) is 10.1. The van der Waals surface area contributed by atoms with Gasteiger partial charge in [-0.3, -0.25) is 4.79 Å². The van der Waals surface area contributed by atoms with Crippen molar-refractivity contribution in [3.8, 4) is 5.75 Å². The van der Waals surface area contributed by atoms with E-state index in [1.807, 2.05) is 6.07 Å². The normalized spacial score (nSPS) is 14.9. The second-order valence-corrected chi connectivity index (χ2v) is 7.88. The number of amides is 1. The van der Waals surface area contributed by atoms with Crippen LogP contribution in [0.15, 0.2) is 42.5 Å². The molecule has 6 heteroatoms. The molecule has 1 fully saturated rings. The van der Waals surface area contributed by atoms with Crippen molar-refractivity contribution in [2.24, 2.45) is 0 Å². The molecule has 1 heterocycles. The van der Waals surface area contributed by atoms with E-state index in [1.165, 1.54) is 18.6 Å². The molecular formula is C24H30N2O4. The number of aromatic hydroxyl groups is 1. The number of nitrogens with zero attached hydrogens (tertiary/aromatic N) is 1. The van der Waals surface area contributed by atoms with E-state index in [4.69, 9.17) is 5.11 Å². The molecule has 160 valence electrons. The molecule has 0 saturated carbocycles. The molecular weight excluding hydrogens is 380 g/mol. The number of anilines is 1. The lowest BCUT2D eigenvalue weighted by Gasteiger charge is -2.33. The van der Waals surface area contributed by atoms with Crippen LogP contribution >= 0.6 is 0 Å². The van der Waals surface area contributed by atoms with Crippen molar-refractivity contribution >= 4 is 17.6 Å². The zero-order valence-corrected chi connectivity index (χ0v) is 17.4. The summed E-state index contributed by atoms with van der Waals surface area (Å²) in [6.07, 6.45) is 5.39. The first-order valence-electron chi connectivity index (χ1n) is 10.7. The lowest BCUT2D eigenvalue weighted by molar-refractivity contribution is -0.121. The van der Waals surface area contributed by atoms with E-state index in [0.717, 1.165) is 55.6 Å². The molecule has 1 saturated heterocycles. The minimum absolute atomic E-state index is 0.103. The van der Waals surface area contributed by atoms with Gasteiger partial charge in [0.2, 0.25) is 5.91 Å². The average Bonchev–Trinajstić information content (AvgIpc) is 2.74. The van der Waals surface area contributed by atoms with Gasteiger partial charge in [0.15, 0.2) is 0 Å². The second-order valence-electron chi connectivity index (χ2n) is 7.88. The zero-order chi connectivity index (χ0) is 21.5. The molecule has 2 aromatic rings. The third-order valence-corrected chi connectivity index (χ3v) is 5.56. The van der Waals surface area contributed by atoms with Crippen LogP contribution in [0, 0.1) is 0 Å². The van der Waals surface area contributed by atoms with E-state index in [1.54, 1.807) is 24.3 Å². The number of nitrogens with one attached hydrogen (secondary N) is 1. The van der Waals surface area contributed by atoms with Gasteiger partial charge in [0.25, 0.3) is 0 Å². The van der Waals surface area contributed by atoms with Crippen LogP contribution in [-0.2, 0) is 11.2 Å². The summed E-state index contributed by atoms with van der Waals surface area (Å²) in [7, 11) is 0. The Hall–Kier alpha value is -3.02. The predicted molar refractivity (Wildman–Crippen MR) is 117 cm³/mol. The summed E-state index contributed by atoms with van der Waals surface area (Å²) in [5, 5.41) is 22.2. The van der Waals surface area contributed by atoms with Gasteiger partial charge in [-0.2, -0.15) is 0 Å². The highest BCUT2D eigenvalue weighted by atomic mass is 16.4. The average molecular weight is 411 g/mol. The minimum Gasteiger partial charge on any atom is -0.508 e. The third kappa shape index (κ3) is 5.53. The van der Waals surface area contributed by atoms with Crippen LogP contribution in [-0.4, -0.2) is 35.2 Å². The van der Waals surface area contributed by atoms with Gasteiger partial charge in [-0.25, -0.2) is 4.79 Å². The molecule has 0 aromatic heterocycles. The van der Waals surface area contributed by atoms with Gasteiger partial charge in [-0.15, -0.1) is 0 Å². The maximum atomic E-state index is 12.8. The third-order valence-electron chi connectivity index (χ3n) is 5.56. The largest absolute Gasteiger partial charge is 0.508 e. The summed E-state index contributed by atoms with van der Waals surface area (Å²) in [5.41, 5.74) is 3.01. The predicted octanol–water partition coefficient (Wildman–Crippen LogP) is 4.28. The van der Waals surface area contributed by atoms with Gasteiger partial charge in [0.1, 0.15) is 5.75 Å². The highest BCUT2D eigenvalue weighted by Gasteiger charge is 2.22. The van der Waals surface area contributed by atoms with Gasteiger partial charge in [0.05, 0.1) is 18.0 Å². The van der Waals surface area contributed by atoms with Crippen LogP contribution < -0.4 is 10.2 Å². The molecule has 1 aliphatic rings. The van der Waals surface area contributed by atoms with Crippen molar-refractivity contribution in [1.82, 2.24) is 5.32 Å². The maximum absolute atomic E-state index is 12.8. The van der Waals surface area contributed by atoms with Gasteiger partial charge < -0.3 is 20.4 Å². The Balaban J connectivity index is 1.76. The number of rotatable bonds is 8. The fraction of sp³-hybridized carbons (Fsp3) is 0.417. The molecule has 1 unspecified atom stereocenters. The number of aromatic carboxylic acids is 1. The van der Waals surface area contributed by atoms with Crippen LogP contribution in [0.3, 0.4) is 0 Å². The molecule has 1 aliphatic heterocycles. The first-order chi connectivity index (χ1) is 14.5. The topological polar surface area (TPSA) is 89.9 Å². The molecule has 0 spiro atoms. The van der Waals surface area contributed by atoms with E-state index < -0.39 is 5.97 Å². The lowest BCUT2D eigenvalue weighted by atomic mass is 9.97. The first kappa shape index (κ1) is 21.7. The number of hydrogen-bond acceptors (Lipinski definition) is 4. The van der Waals surface area contributed by atoms with E-state index in [-0.39, 0.29) is 29.7 Å². The van der Waals surface area contributed by atoms with Crippen LogP contribution in [0.4, 0.5) is 5.69 Å². The first-order valence-corrected chi connectivity index (χ1v) is 10.7. The lowest BCUT2D eigenvalue weighted by Crippen LogP contribution is -2.34. The summed E-state index contributed by atoms with van der Waals surface area (Å²) in [4.78, 5) is 26.1. The molecule has 1 atom stereocenters. The van der Waals surface area contributed by atoms with Crippen LogP contribution in [0.25, 0.3) is 0 Å². The number of carbonyl (C=O) groups excluding carboxylic acids is 1. The Morgan fingerprint density at radius 2 is 1.77 bits per heavy atom. The SMILES string of the molecule is CCCC(NC(=O)Cc1ccc(C(=O)O)cc1)c1ccc(O)cc1N1CCCCC1. The maximum Gasteiger partial charge on any atom is 0.335 e. The highest BCUT2D eigenvalue weighted by Crippen LogP contribution is 2.34. The van der Waals surface area contributed by atoms with Crippen LogP contribution in [0.2, 0.25) is 0 Å². The molecule has 0 bridgehead atoms. The van der Waals surface area contributed by atoms with Crippen molar-refractivity contribution in [2.45, 2.75) is 51.5 Å². The molecule has 3 N–H and O–H groups in total. The number of piperidine rings is 1. The fourth-order valence-corrected chi connectivity index (χ4v) is 4.03. The number of carbonyl (C=O) groups is 2. The van der Waals surface area contributed by atoms with Gasteiger partial charge >= 0.3 is 5.97 Å². The molecule has 2 aromatic carbocycles. The molecule has 0 aliphatic carbocycles. The van der Waals surface area contributed by atoms with E-state index >= 15 is 0 Å². The number of hydrogen-bond donors (Lipinski definition) is 3. The number of carboxylic acids is 1. The standard InChI is InChI=1S/C24H30N2O4/c1-2-6-21(25-23(28)15-17-7-9-18(10-8-17)24(29)30)20-12-11-19(27)16-22(20)26-13-4-3-5-14-26/h7-12,16,21,27H,2-6,13-15H2,1H3,(H,25,28)(H,29,30). The van der Waals surface area contributed by atoms with E-state index in [0.29, 0.717) is 0 Å². The Bertz CT molecular complexity index is 873. The summed E-state index contributed by atoms with van der Waals surface area (Å²) < 4.78 is 0. The number of phenolic OH excluding ortho intramolecular Hbond substituents is 1. The van der Waals surface area contributed by atoms with Crippen molar-refractivity contribution in [3.05, 3.63) is 59.2 Å².